The van der Waals surface area contributed by atoms with E-state index in [2.05, 4.69) is 15.9 Å². The van der Waals surface area contributed by atoms with Gasteiger partial charge in [-0.15, -0.1) is 0 Å². The van der Waals surface area contributed by atoms with E-state index in [9.17, 15) is 15.3 Å². The molecule has 78 valence electrons. The van der Waals surface area contributed by atoms with Gasteiger partial charge in [0.2, 0.25) is 0 Å². The summed E-state index contributed by atoms with van der Waals surface area (Å²) in [5, 5.41) is 28.5. The van der Waals surface area contributed by atoms with Gasteiger partial charge in [-0.05, 0) is 0 Å². The van der Waals surface area contributed by atoms with E-state index in [0.717, 1.165) is 0 Å². The van der Waals surface area contributed by atoms with Crippen LogP contribution in [-0.4, -0.2) is 58.5 Å². The molecule has 0 radical (unpaired) electrons. The lowest BCUT2D eigenvalue weighted by atomic mass is 10.0. The number of hydrogen-bond donors (Lipinski definition) is 3. The molecule has 5 unspecified atom stereocenters. The SMILES string of the molecule is COC1OC(CBr)C(O)C(O)C1O. The van der Waals surface area contributed by atoms with Gasteiger partial charge in [0.05, 0.1) is 6.10 Å². The molecule has 0 aromatic heterocycles. The third-order valence-electron chi connectivity index (χ3n) is 2.05. The summed E-state index contributed by atoms with van der Waals surface area (Å²) in [4.78, 5) is 0. The van der Waals surface area contributed by atoms with Crippen LogP contribution in [0, 0.1) is 0 Å². The Morgan fingerprint density at radius 2 is 1.85 bits per heavy atom. The van der Waals surface area contributed by atoms with Gasteiger partial charge in [-0.1, -0.05) is 15.9 Å². The summed E-state index contributed by atoms with van der Waals surface area (Å²) in [7, 11) is 1.36. The van der Waals surface area contributed by atoms with E-state index in [1.807, 2.05) is 0 Å². The van der Waals surface area contributed by atoms with Gasteiger partial charge in [0, 0.05) is 12.4 Å². The quantitative estimate of drug-likeness (QED) is 0.543. The van der Waals surface area contributed by atoms with Gasteiger partial charge < -0.3 is 24.8 Å². The number of ether oxygens (including phenoxy) is 2. The molecule has 0 amide bonds. The van der Waals surface area contributed by atoms with E-state index >= 15 is 0 Å². The van der Waals surface area contributed by atoms with Crippen LogP contribution in [0.15, 0.2) is 0 Å². The molecule has 3 N–H and O–H groups in total. The summed E-state index contributed by atoms with van der Waals surface area (Å²) in [6.45, 7) is 0. The second kappa shape index (κ2) is 4.68. The van der Waals surface area contributed by atoms with Crippen molar-refractivity contribution in [1.82, 2.24) is 0 Å². The van der Waals surface area contributed by atoms with Crippen molar-refractivity contribution < 1.29 is 24.8 Å². The minimum Gasteiger partial charge on any atom is -0.388 e. The Bertz CT molecular complexity index is 147. The highest BCUT2D eigenvalue weighted by Gasteiger charge is 2.43. The van der Waals surface area contributed by atoms with Crippen LogP contribution in [0.1, 0.15) is 0 Å². The van der Waals surface area contributed by atoms with Crippen LogP contribution >= 0.6 is 15.9 Å². The Hall–Kier alpha value is 0.280. The number of aliphatic hydroxyl groups is 3. The topological polar surface area (TPSA) is 79.2 Å². The first kappa shape index (κ1) is 11.4. The molecule has 1 saturated heterocycles. The molecule has 0 aliphatic carbocycles. The van der Waals surface area contributed by atoms with Crippen molar-refractivity contribution in [1.29, 1.82) is 0 Å². The molecule has 0 bridgehead atoms. The fourth-order valence-corrected chi connectivity index (χ4v) is 1.77. The largest absolute Gasteiger partial charge is 0.388 e. The van der Waals surface area contributed by atoms with E-state index in [-0.39, 0.29) is 0 Å². The van der Waals surface area contributed by atoms with E-state index < -0.39 is 30.7 Å². The fraction of sp³-hybridized carbons (Fsp3) is 1.00. The van der Waals surface area contributed by atoms with Crippen molar-refractivity contribution in [2.75, 3.05) is 12.4 Å². The molecule has 1 heterocycles. The number of methoxy groups -OCH3 is 1. The third-order valence-corrected chi connectivity index (χ3v) is 2.69. The van der Waals surface area contributed by atoms with Crippen LogP contribution in [0.2, 0.25) is 0 Å². The zero-order valence-electron chi connectivity index (χ0n) is 7.13. The summed E-state index contributed by atoms with van der Waals surface area (Å²) in [5.41, 5.74) is 0. The van der Waals surface area contributed by atoms with Gasteiger partial charge in [0.15, 0.2) is 6.29 Å². The minimum absolute atomic E-state index is 0.373. The van der Waals surface area contributed by atoms with Crippen molar-refractivity contribution in [3.8, 4) is 0 Å². The van der Waals surface area contributed by atoms with Gasteiger partial charge >= 0.3 is 0 Å². The maximum Gasteiger partial charge on any atom is 0.186 e. The Morgan fingerprint density at radius 3 is 2.31 bits per heavy atom. The smallest absolute Gasteiger partial charge is 0.186 e. The second-order valence-corrected chi connectivity index (χ2v) is 3.55. The lowest BCUT2D eigenvalue weighted by Gasteiger charge is -2.39. The highest BCUT2D eigenvalue weighted by Crippen LogP contribution is 2.22. The van der Waals surface area contributed by atoms with Crippen molar-refractivity contribution in [3.05, 3.63) is 0 Å². The van der Waals surface area contributed by atoms with Crippen LogP contribution in [0.25, 0.3) is 0 Å². The molecule has 5 nitrogen and oxygen atoms in total. The van der Waals surface area contributed by atoms with Gasteiger partial charge in [0.25, 0.3) is 0 Å². The standard InChI is InChI=1S/C7H13BrO5/c1-12-7-6(11)5(10)4(9)3(2-8)13-7/h3-7,9-11H,2H2,1H3. The lowest BCUT2D eigenvalue weighted by molar-refractivity contribution is -0.284. The van der Waals surface area contributed by atoms with Crippen LogP contribution in [0.4, 0.5) is 0 Å². The average Bonchev–Trinajstić information content (AvgIpc) is 2.15. The summed E-state index contributed by atoms with van der Waals surface area (Å²) < 4.78 is 9.94. The second-order valence-electron chi connectivity index (χ2n) is 2.90. The highest BCUT2D eigenvalue weighted by atomic mass is 79.9. The van der Waals surface area contributed by atoms with Gasteiger partial charge in [0.1, 0.15) is 18.3 Å². The molecule has 13 heavy (non-hydrogen) atoms. The normalized spacial score (nSPS) is 46.4. The first-order valence-corrected chi connectivity index (χ1v) is 5.02. The van der Waals surface area contributed by atoms with E-state index in [1.165, 1.54) is 7.11 Å². The zero-order chi connectivity index (χ0) is 10.0. The fourth-order valence-electron chi connectivity index (χ4n) is 1.24. The van der Waals surface area contributed by atoms with E-state index in [4.69, 9.17) is 9.47 Å². The molecule has 0 aromatic carbocycles. The van der Waals surface area contributed by atoms with Gasteiger partial charge in [-0.3, -0.25) is 0 Å². The van der Waals surface area contributed by atoms with Gasteiger partial charge in [-0.2, -0.15) is 0 Å². The van der Waals surface area contributed by atoms with Crippen molar-refractivity contribution in [2.45, 2.75) is 30.7 Å². The average molecular weight is 257 g/mol. The lowest BCUT2D eigenvalue weighted by Crippen LogP contribution is -2.58. The third kappa shape index (κ3) is 2.20. The Morgan fingerprint density at radius 1 is 1.23 bits per heavy atom. The van der Waals surface area contributed by atoms with E-state index in [1.54, 1.807) is 0 Å². The van der Waals surface area contributed by atoms with Crippen molar-refractivity contribution >= 4 is 15.9 Å². The molecule has 1 aliphatic heterocycles. The molecule has 0 spiro atoms. The first-order chi connectivity index (χ1) is 6.11. The van der Waals surface area contributed by atoms with Crippen molar-refractivity contribution in [2.24, 2.45) is 0 Å². The van der Waals surface area contributed by atoms with Crippen LogP contribution in [-0.2, 0) is 9.47 Å². The maximum atomic E-state index is 9.40. The molecule has 0 saturated carbocycles. The summed E-state index contributed by atoms with van der Waals surface area (Å²) in [6, 6.07) is 0. The van der Waals surface area contributed by atoms with Crippen LogP contribution < -0.4 is 0 Å². The number of halogens is 1. The summed E-state index contributed by atoms with van der Waals surface area (Å²) >= 11 is 3.12. The van der Waals surface area contributed by atoms with Gasteiger partial charge in [-0.25, -0.2) is 0 Å². The first-order valence-electron chi connectivity index (χ1n) is 3.90. The maximum absolute atomic E-state index is 9.40. The molecular formula is C7H13BrO5. The predicted molar refractivity (Wildman–Crippen MR) is 47.5 cm³/mol. The number of aliphatic hydroxyl groups excluding tert-OH is 3. The van der Waals surface area contributed by atoms with Crippen LogP contribution in [0.5, 0.6) is 0 Å². The Balaban J connectivity index is 2.66. The minimum atomic E-state index is -1.23. The number of rotatable bonds is 2. The Labute approximate surface area is 84.4 Å². The zero-order valence-corrected chi connectivity index (χ0v) is 8.72. The molecule has 1 aliphatic rings. The molecule has 1 rings (SSSR count). The number of hydrogen-bond acceptors (Lipinski definition) is 5. The summed E-state index contributed by atoms with van der Waals surface area (Å²) in [6.07, 6.45) is -5.00. The molecule has 5 atom stereocenters. The molecule has 0 aromatic rings. The molecule has 6 heteroatoms. The highest BCUT2D eigenvalue weighted by molar-refractivity contribution is 9.09. The Kier molecular flexibility index (Phi) is 4.08. The molecular weight excluding hydrogens is 244 g/mol. The monoisotopic (exact) mass is 256 g/mol. The predicted octanol–water partition coefficient (Wildman–Crippen LogP) is -1.16. The van der Waals surface area contributed by atoms with E-state index in [0.29, 0.717) is 5.33 Å². The number of alkyl halides is 1. The van der Waals surface area contributed by atoms with Crippen molar-refractivity contribution in [3.63, 3.8) is 0 Å². The van der Waals surface area contributed by atoms with Crippen LogP contribution in [0.3, 0.4) is 0 Å². The molecule has 1 fully saturated rings. The summed E-state index contributed by atoms with van der Waals surface area (Å²) in [5.74, 6) is 0.